The second-order valence-corrected chi connectivity index (χ2v) is 5.86. The molecule has 5 nitrogen and oxygen atoms in total. The van der Waals surface area contributed by atoms with Crippen molar-refractivity contribution in [3.63, 3.8) is 0 Å². The molecule has 1 N–H and O–H groups in total. The van der Waals surface area contributed by atoms with Gasteiger partial charge in [-0.3, -0.25) is 0 Å². The summed E-state index contributed by atoms with van der Waals surface area (Å²) in [7, 11) is 1.69. The van der Waals surface area contributed by atoms with Crippen LogP contribution in [0.15, 0.2) is 6.33 Å². The number of nitrogens with one attached hydrogen (secondary N) is 1. The Morgan fingerprint density at radius 3 is 2.60 bits per heavy atom. The fraction of sp³-hybridized carbons (Fsp3) is 0.733. The van der Waals surface area contributed by atoms with Crippen LogP contribution in [0.3, 0.4) is 0 Å². The van der Waals surface area contributed by atoms with Crippen molar-refractivity contribution >= 4 is 11.6 Å². The molecule has 1 fully saturated rings. The van der Waals surface area contributed by atoms with Crippen LogP contribution in [0.4, 0.5) is 11.6 Å². The van der Waals surface area contributed by atoms with Gasteiger partial charge in [0.05, 0.1) is 7.11 Å². The average molecular weight is 278 g/mol. The molecule has 2 atom stereocenters. The fourth-order valence-corrected chi connectivity index (χ4v) is 2.98. The number of hydrogen-bond donors (Lipinski definition) is 1. The van der Waals surface area contributed by atoms with Crippen molar-refractivity contribution < 1.29 is 4.74 Å². The fourth-order valence-electron chi connectivity index (χ4n) is 2.98. The van der Waals surface area contributed by atoms with Gasteiger partial charge in [-0.1, -0.05) is 20.8 Å². The molecule has 1 saturated heterocycles. The summed E-state index contributed by atoms with van der Waals surface area (Å²) in [5.41, 5.74) is 0. The van der Waals surface area contributed by atoms with Gasteiger partial charge in [0.1, 0.15) is 6.33 Å². The lowest BCUT2D eigenvalue weighted by Crippen LogP contribution is -2.39. The second kappa shape index (κ2) is 6.77. The highest BCUT2D eigenvalue weighted by Gasteiger charge is 2.26. The Hall–Kier alpha value is -1.52. The third kappa shape index (κ3) is 3.32. The van der Waals surface area contributed by atoms with Gasteiger partial charge in [0.25, 0.3) is 0 Å². The summed E-state index contributed by atoms with van der Waals surface area (Å²) in [4.78, 5) is 11.1. The molecule has 0 amide bonds. The summed E-state index contributed by atoms with van der Waals surface area (Å²) in [6, 6.07) is 0. The van der Waals surface area contributed by atoms with Crippen molar-refractivity contribution in [2.24, 2.45) is 11.8 Å². The van der Waals surface area contributed by atoms with Crippen LogP contribution < -0.4 is 15.0 Å². The molecule has 2 unspecified atom stereocenters. The maximum atomic E-state index is 5.57. The second-order valence-electron chi connectivity index (χ2n) is 5.86. The predicted molar refractivity (Wildman–Crippen MR) is 82.5 cm³/mol. The molecule has 0 aliphatic carbocycles. The zero-order valence-corrected chi connectivity index (χ0v) is 13.0. The summed E-state index contributed by atoms with van der Waals surface area (Å²) in [5.74, 6) is 3.85. The van der Waals surface area contributed by atoms with E-state index in [1.54, 1.807) is 13.4 Å². The van der Waals surface area contributed by atoms with E-state index < -0.39 is 0 Å². The summed E-state index contributed by atoms with van der Waals surface area (Å²) < 4.78 is 5.57. The molecule has 112 valence electrons. The van der Waals surface area contributed by atoms with Crippen molar-refractivity contribution in [2.45, 2.75) is 33.6 Å². The molecule has 1 aliphatic rings. The van der Waals surface area contributed by atoms with Crippen LogP contribution in [0.2, 0.25) is 0 Å². The molecule has 2 heterocycles. The zero-order valence-electron chi connectivity index (χ0n) is 13.0. The van der Waals surface area contributed by atoms with Gasteiger partial charge in [0, 0.05) is 19.6 Å². The van der Waals surface area contributed by atoms with Gasteiger partial charge in [0.2, 0.25) is 5.75 Å². The standard InChI is InChI=1S/C15H26N4O/c1-5-6-16-14-13(20-4)15(18-10-17-14)19-8-11(2)7-12(3)9-19/h10-12H,5-9H2,1-4H3,(H,16,17,18). The number of ether oxygens (including phenoxy) is 1. The van der Waals surface area contributed by atoms with E-state index in [4.69, 9.17) is 4.74 Å². The van der Waals surface area contributed by atoms with Crippen molar-refractivity contribution in [3.8, 4) is 5.75 Å². The number of hydrogen-bond acceptors (Lipinski definition) is 5. The van der Waals surface area contributed by atoms with E-state index in [9.17, 15) is 0 Å². The topological polar surface area (TPSA) is 50.3 Å². The highest BCUT2D eigenvalue weighted by atomic mass is 16.5. The van der Waals surface area contributed by atoms with Crippen LogP contribution >= 0.6 is 0 Å². The lowest BCUT2D eigenvalue weighted by molar-refractivity contribution is 0.349. The number of methoxy groups -OCH3 is 1. The molecule has 0 radical (unpaired) electrons. The molecule has 0 bridgehead atoms. The Morgan fingerprint density at radius 1 is 1.30 bits per heavy atom. The third-order valence-electron chi connectivity index (χ3n) is 3.70. The highest BCUT2D eigenvalue weighted by Crippen LogP contribution is 2.35. The van der Waals surface area contributed by atoms with E-state index in [1.165, 1.54) is 6.42 Å². The van der Waals surface area contributed by atoms with E-state index in [-0.39, 0.29) is 0 Å². The molecule has 0 saturated carbocycles. The van der Waals surface area contributed by atoms with Crippen LogP contribution in [0, 0.1) is 11.8 Å². The van der Waals surface area contributed by atoms with Gasteiger partial charge in [0.15, 0.2) is 11.6 Å². The SMILES string of the molecule is CCCNc1ncnc(N2CC(C)CC(C)C2)c1OC. The Labute approximate surface area is 121 Å². The molecular weight excluding hydrogens is 252 g/mol. The molecule has 1 aromatic rings. The van der Waals surface area contributed by atoms with E-state index in [2.05, 4.69) is 41.0 Å². The Morgan fingerprint density at radius 2 is 2.00 bits per heavy atom. The number of rotatable bonds is 5. The van der Waals surface area contributed by atoms with E-state index in [0.717, 1.165) is 43.4 Å². The van der Waals surface area contributed by atoms with Crippen LogP contribution in [0.1, 0.15) is 33.6 Å². The number of nitrogens with zero attached hydrogens (tertiary/aromatic N) is 3. The van der Waals surface area contributed by atoms with E-state index in [0.29, 0.717) is 11.8 Å². The lowest BCUT2D eigenvalue weighted by Gasteiger charge is -2.36. The number of anilines is 2. The Balaban J connectivity index is 2.25. The molecule has 0 aromatic carbocycles. The Bertz CT molecular complexity index is 428. The van der Waals surface area contributed by atoms with Gasteiger partial charge < -0.3 is 15.0 Å². The normalized spacial score (nSPS) is 22.7. The summed E-state index contributed by atoms with van der Waals surface area (Å²) in [6.45, 7) is 9.68. The first-order valence-electron chi connectivity index (χ1n) is 7.53. The molecular formula is C15H26N4O. The summed E-state index contributed by atoms with van der Waals surface area (Å²) >= 11 is 0. The predicted octanol–water partition coefficient (Wildman–Crippen LogP) is 2.79. The van der Waals surface area contributed by atoms with Crippen LogP contribution in [-0.2, 0) is 0 Å². The molecule has 0 spiro atoms. The van der Waals surface area contributed by atoms with Gasteiger partial charge >= 0.3 is 0 Å². The largest absolute Gasteiger partial charge is 0.490 e. The third-order valence-corrected chi connectivity index (χ3v) is 3.70. The van der Waals surface area contributed by atoms with Crippen molar-refractivity contribution in [3.05, 3.63) is 6.33 Å². The van der Waals surface area contributed by atoms with E-state index >= 15 is 0 Å². The summed E-state index contributed by atoms with van der Waals surface area (Å²) in [5, 5.41) is 3.31. The maximum absolute atomic E-state index is 5.57. The van der Waals surface area contributed by atoms with E-state index in [1.807, 2.05) is 0 Å². The minimum atomic E-state index is 0.686. The Kier molecular flexibility index (Phi) is 5.04. The maximum Gasteiger partial charge on any atom is 0.204 e. The van der Waals surface area contributed by atoms with Crippen LogP contribution in [0.5, 0.6) is 5.75 Å². The van der Waals surface area contributed by atoms with Gasteiger partial charge in [-0.05, 0) is 24.7 Å². The summed E-state index contributed by atoms with van der Waals surface area (Å²) in [6.07, 6.45) is 3.96. The highest BCUT2D eigenvalue weighted by molar-refractivity contribution is 5.64. The van der Waals surface area contributed by atoms with Crippen molar-refractivity contribution in [2.75, 3.05) is 37.0 Å². The van der Waals surface area contributed by atoms with Crippen LogP contribution in [-0.4, -0.2) is 36.7 Å². The van der Waals surface area contributed by atoms with Gasteiger partial charge in [-0.2, -0.15) is 0 Å². The average Bonchev–Trinajstić information content (AvgIpc) is 2.43. The first-order chi connectivity index (χ1) is 9.65. The van der Waals surface area contributed by atoms with Gasteiger partial charge in [-0.25, -0.2) is 9.97 Å². The smallest absolute Gasteiger partial charge is 0.204 e. The first kappa shape index (κ1) is 14.9. The quantitative estimate of drug-likeness (QED) is 0.897. The van der Waals surface area contributed by atoms with Gasteiger partial charge in [-0.15, -0.1) is 0 Å². The molecule has 1 aliphatic heterocycles. The zero-order chi connectivity index (χ0) is 14.5. The molecule has 20 heavy (non-hydrogen) atoms. The molecule has 2 rings (SSSR count). The van der Waals surface area contributed by atoms with Crippen molar-refractivity contribution in [1.29, 1.82) is 0 Å². The first-order valence-corrected chi connectivity index (χ1v) is 7.53. The monoisotopic (exact) mass is 278 g/mol. The minimum absolute atomic E-state index is 0.686. The molecule has 1 aromatic heterocycles. The lowest BCUT2D eigenvalue weighted by atomic mass is 9.92. The number of aromatic nitrogens is 2. The molecule has 5 heteroatoms. The minimum Gasteiger partial charge on any atom is -0.490 e. The van der Waals surface area contributed by atoms with Crippen LogP contribution in [0.25, 0.3) is 0 Å². The van der Waals surface area contributed by atoms with Crippen molar-refractivity contribution in [1.82, 2.24) is 9.97 Å². The number of piperidine rings is 1.